The molecule has 2 aliphatic rings. The summed E-state index contributed by atoms with van der Waals surface area (Å²) in [5, 5.41) is 16.0. The van der Waals surface area contributed by atoms with Crippen LogP contribution in [-0.2, 0) is 16.6 Å². The molecule has 0 atom stereocenters. The van der Waals surface area contributed by atoms with Gasteiger partial charge in [-0.1, -0.05) is 30.3 Å². The summed E-state index contributed by atoms with van der Waals surface area (Å²) in [6.07, 6.45) is 3.36. The second kappa shape index (κ2) is 11.5. The van der Waals surface area contributed by atoms with Crippen molar-refractivity contribution >= 4 is 33.1 Å². The Kier molecular flexibility index (Phi) is 7.92. The number of likely N-dealkylation sites (tertiary alicyclic amines) is 1. The van der Waals surface area contributed by atoms with Gasteiger partial charge in [0.1, 0.15) is 0 Å². The van der Waals surface area contributed by atoms with E-state index < -0.39 is 21.0 Å². The lowest BCUT2D eigenvalue weighted by molar-refractivity contribution is -0.384. The number of nitrogens with zero attached hydrogens (tertiary/aromatic N) is 3. The largest absolute Gasteiger partial charge is 0.323 e. The molecule has 5 rings (SSSR count). The number of nitro benzene ring substituents is 1. The van der Waals surface area contributed by atoms with E-state index in [1.807, 2.05) is 18.2 Å². The van der Waals surface area contributed by atoms with Crippen LogP contribution in [0.4, 0.5) is 21.9 Å². The van der Waals surface area contributed by atoms with E-state index >= 15 is 0 Å². The molecule has 10 nitrogen and oxygen atoms in total. The van der Waals surface area contributed by atoms with Crippen LogP contribution in [0.3, 0.4) is 0 Å². The number of hydrogen-bond donors (Lipinski definition) is 2. The molecule has 0 spiro atoms. The van der Waals surface area contributed by atoms with Gasteiger partial charge in [-0.3, -0.25) is 15.0 Å². The maximum absolute atomic E-state index is 13.7. The fourth-order valence-electron chi connectivity index (χ4n) is 4.99. The summed E-state index contributed by atoms with van der Waals surface area (Å²) in [5.74, 6) is 0. The molecule has 1 saturated carbocycles. The predicted octanol–water partition coefficient (Wildman–Crippen LogP) is 5.06. The van der Waals surface area contributed by atoms with Gasteiger partial charge in [-0.2, -0.15) is 4.31 Å². The Morgan fingerprint density at radius 1 is 0.846 bits per heavy atom. The van der Waals surface area contributed by atoms with Crippen molar-refractivity contribution in [1.82, 2.24) is 9.21 Å². The highest BCUT2D eigenvalue weighted by Gasteiger charge is 2.43. The molecule has 0 radical (unpaired) electrons. The second-order valence-corrected chi connectivity index (χ2v) is 11.8. The Morgan fingerprint density at radius 2 is 1.38 bits per heavy atom. The SMILES string of the molecule is O=C(Nc1ccc([N+](=O)[O-])cc1)Nc1ccc(S(=O)(=O)N(C2CC2)C2CCN(Cc3ccccc3)CC2)cc1. The van der Waals surface area contributed by atoms with E-state index in [0.29, 0.717) is 11.4 Å². The van der Waals surface area contributed by atoms with Crippen molar-refractivity contribution in [2.45, 2.75) is 49.2 Å². The summed E-state index contributed by atoms with van der Waals surface area (Å²) in [6.45, 7) is 2.58. The van der Waals surface area contributed by atoms with E-state index in [1.165, 1.54) is 42.0 Å². The Morgan fingerprint density at radius 3 is 1.92 bits per heavy atom. The third-order valence-corrected chi connectivity index (χ3v) is 9.12. The zero-order valence-electron chi connectivity index (χ0n) is 21.4. The van der Waals surface area contributed by atoms with Crippen LogP contribution in [0, 0.1) is 10.1 Å². The van der Waals surface area contributed by atoms with Crippen molar-refractivity contribution < 1.29 is 18.1 Å². The minimum atomic E-state index is -3.69. The van der Waals surface area contributed by atoms with Gasteiger partial charge in [0.25, 0.3) is 5.69 Å². The molecule has 0 unspecified atom stereocenters. The highest BCUT2D eigenvalue weighted by molar-refractivity contribution is 7.89. The normalized spacial score (nSPS) is 16.6. The summed E-state index contributed by atoms with van der Waals surface area (Å²) in [4.78, 5) is 25.2. The van der Waals surface area contributed by atoms with Crippen molar-refractivity contribution in [3.8, 4) is 0 Å². The van der Waals surface area contributed by atoms with Crippen molar-refractivity contribution in [3.05, 3.63) is 94.5 Å². The Bertz CT molecular complexity index is 1400. The first kappa shape index (κ1) is 26.8. The van der Waals surface area contributed by atoms with Crippen LogP contribution in [0.5, 0.6) is 0 Å². The number of nitrogens with one attached hydrogen (secondary N) is 2. The standard InChI is InChI=1S/C28H31N5O5S/c34-28(29-22-6-10-26(11-7-22)33(35)36)30-23-8-14-27(15-9-23)39(37,38)32(24-12-13-24)25-16-18-31(19-17-25)20-21-4-2-1-3-5-21/h1-11,14-15,24-25H,12-13,16-20H2,(H2,29,30,34). The minimum Gasteiger partial charge on any atom is -0.308 e. The van der Waals surface area contributed by atoms with Crippen LogP contribution in [0.15, 0.2) is 83.8 Å². The number of nitro groups is 1. The molecular weight excluding hydrogens is 518 g/mol. The van der Waals surface area contributed by atoms with E-state index in [1.54, 1.807) is 16.4 Å². The summed E-state index contributed by atoms with van der Waals surface area (Å²) in [5.41, 5.74) is 2.02. The first-order chi connectivity index (χ1) is 18.8. The number of carbonyl (C=O) groups excluding carboxylic acids is 1. The zero-order valence-corrected chi connectivity index (χ0v) is 22.2. The maximum atomic E-state index is 13.7. The fraction of sp³-hybridized carbons (Fsp3) is 0.321. The van der Waals surface area contributed by atoms with Crippen LogP contribution in [-0.4, -0.2) is 53.8 Å². The van der Waals surface area contributed by atoms with Gasteiger partial charge >= 0.3 is 6.03 Å². The number of anilines is 2. The summed E-state index contributed by atoms with van der Waals surface area (Å²) < 4.78 is 29.1. The van der Waals surface area contributed by atoms with E-state index in [4.69, 9.17) is 0 Å². The van der Waals surface area contributed by atoms with Crippen molar-refractivity contribution in [2.24, 2.45) is 0 Å². The number of rotatable bonds is 9. The van der Waals surface area contributed by atoms with Gasteiger partial charge in [0.2, 0.25) is 10.0 Å². The fourth-order valence-corrected chi connectivity index (χ4v) is 6.92. The quantitative estimate of drug-likeness (QED) is 0.284. The van der Waals surface area contributed by atoms with Crippen molar-refractivity contribution in [2.75, 3.05) is 23.7 Å². The van der Waals surface area contributed by atoms with Gasteiger partial charge in [0.15, 0.2) is 0 Å². The van der Waals surface area contributed by atoms with Gasteiger partial charge in [-0.15, -0.1) is 0 Å². The molecule has 39 heavy (non-hydrogen) atoms. The Hall–Kier alpha value is -3.80. The number of amides is 2. The first-order valence-electron chi connectivity index (χ1n) is 13.0. The van der Waals surface area contributed by atoms with Crippen molar-refractivity contribution in [1.29, 1.82) is 0 Å². The van der Waals surface area contributed by atoms with E-state index in [9.17, 15) is 23.3 Å². The number of hydrogen-bond acceptors (Lipinski definition) is 6. The topological polar surface area (TPSA) is 125 Å². The lowest BCUT2D eigenvalue weighted by atomic mass is 10.0. The van der Waals surface area contributed by atoms with E-state index in [2.05, 4.69) is 27.7 Å². The summed E-state index contributed by atoms with van der Waals surface area (Å²) in [7, 11) is -3.69. The number of non-ortho nitro benzene ring substituents is 1. The summed E-state index contributed by atoms with van der Waals surface area (Å²) in [6, 6.07) is 21.4. The molecule has 1 saturated heterocycles. The highest BCUT2D eigenvalue weighted by atomic mass is 32.2. The molecule has 3 aromatic rings. The van der Waals surface area contributed by atoms with Crippen LogP contribution >= 0.6 is 0 Å². The van der Waals surface area contributed by atoms with Gasteiger partial charge in [0.05, 0.1) is 9.82 Å². The third-order valence-electron chi connectivity index (χ3n) is 7.10. The van der Waals surface area contributed by atoms with E-state index in [-0.39, 0.29) is 22.7 Å². The van der Waals surface area contributed by atoms with Gasteiger partial charge in [-0.25, -0.2) is 13.2 Å². The first-order valence-corrected chi connectivity index (χ1v) is 14.5. The maximum Gasteiger partial charge on any atom is 0.323 e. The smallest absolute Gasteiger partial charge is 0.308 e. The molecule has 2 fully saturated rings. The molecule has 1 heterocycles. The number of sulfonamides is 1. The predicted molar refractivity (Wildman–Crippen MR) is 149 cm³/mol. The third kappa shape index (κ3) is 6.62. The number of urea groups is 1. The summed E-state index contributed by atoms with van der Waals surface area (Å²) >= 11 is 0. The molecule has 0 aromatic heterocycles. The van der Waals surface area contributed by atoms with Crippen molar-refractivity contribution in [3.63, 3.8) is 0 Å². The van der Waals surface area contributed by atoms with Crippen LogP contribution < -0.4 is 10.6 Å². The van der Waals surface area contributed by atoms with E-state index in [0.717, 1.165) is 45.3 Å². The lowest BCUT2D eigenvalue weighted by Gasteiger charge is -2.38. The van der Waals surface area contributed by atoms with Gasteiger partial charge < -0.3 is 10.6 Å². The number of carbonyl (C=O) groups is 1. The number of piperidine rings is 1. The molecule has 11 heteroatoms. The average molecular weight is 550 g/mol. The van der Waals surface area contributed by atoms with Crippen LogP contribution in [0.25, 0.3) is 0 Å². The highest BCUT2D eigenvalue weighted by Crippen LogP contribution is 2.37. The van der Waals surface area contributed by atoms with Gasteiger partial charge in [0, 0.05) is 55.2 Å². The molecule has 1 aliphatic carbocycles. The number of benzene rings is 3. The minimum absolute atomic E-state index is 0.0280. The monoisotopic (exact) mass is 549 g/mol. The molecule has 2 N–H and O–H groups in total. The average Bonchev–Trinajstić information content (AvgIpc) is 3.76. The lowest BCUT2D eigenvalue weighted by Crippen LogP contribution is -2.48. The molecule has 204 valence electrons. The molecule has 1 aliphatic heterocycles. The zero-order chi connectivity index (χ0) is 27.4. The van der Waals surface area contributed by atoms with Crippen LogP contribution in [0.1, 0.15) is 31.2 Å². The van der Waals surface area contributed by atoms with Crippen LogP contribution in [0.2, 0.25) is 0 Å². The molecule has 0 bridgehead atoms. The molecule has 2 amide bonds. The Balaban J connectivity index is 1.20. The molecular formula is C28H31N5O5S. The molecule has 3 aromatic carbocycles. The Labute approximate surface area is 227 Å². The van der Waals surface area contributed by atoms with Gasteiger partial charge in [-0.05, 0) is 67.6 Å². The second-order valence-electron chi connectivity index (χ2n) is 9.97.